The lowest BCUT2D eigenvalue weighted by Gasteiger charge is -2.49. The highest BCUT2D eigenvalue weighted by Gasteiger charge is 2.40. The van der Waals surface area contributed by atoms with Gasteiger partial charge in [0.2, 0.25) is 0 Å². The smallest absolute Gasteiger partial charge is 0.161 e. The molecule has 2 aliphatic rings. The van der Waals surface area contributed by atoms with Gasteiger partial charge in [0.15, 0.2) is 11.5 Å². The minimum atomic E-state index is 0.345. The van der Waals surface area contributed by atoms with Crippen molar-refractivity contribution < 1.29 is 9.47 Å². The van der Waals surface area contributed by atoms with Gasteiger partial charge in [-0.3, -0.25) is 9.80 Å². The van der Waals surface area contributed by atoms with Crippen molar-refractivity contribution in [1.82, 2.24) is 9.80 Å². The molecule has 0 amide bonds. The third kappa shape index (κ3) is 3.93. The van der Waals surface area contributed by atoms with Crippen LogP contribution < -0.4 is 9.47 Å². The minimum Gasteiger partial charge on any atom is -0.493 e. The van der Waals surface area contributed by atoms with Gasteiger partial charge >= 0.3 is 0 Å². The van der Waals surface area contributed by atoms with Gasteiger partial charge in [-0.25, -0.2) is 0 Å². The number of ether oxygens (including phenoxy) is 2. The molecule has 0 aliphatic carbocycles. The predicted molar refractivity (Wildman–Crippen MR) is 124 cm³/mol. The highest BCUT2D eigenvalue weighted by Crippen LogP contribution is 2.46. The number of benzene rings is 3. The molecule has 1 fully saturated rings. The largest absolute Gasteiger partial charge is 0.493 e. The van der Waals surface area contributed by atoms with E-state index in [1.165, 1.54) is 22.3 Å². The van der Waals surface area contributed by atoms with E-state index >= 15 is 0 Å². The van der Waals surface area contributed by atoms with Crippen molar-refractivity contribution in [3.8, 4) is 11.5 Å². The molecule has 3 aromatic rings. The van der Waals surface area contributed by atoms with Crippen LogP contribution in [0.25, 0.3) is 0 Å². The summed E-state index contributed by atoms with van der Waals surface area (Å²) in [4.78, 5) is 5.24. The van der Waals surface area contributed by atoms with Crippen molar-refractivity contribution in [3.63, 3.8) is 0 Å². The van der Waals surface area contributed by atoms with Gasteiger partial charge in [0, 0.05) is 31.6 Å². The summed E-state index contributed by atoms with van der Waals surface area (Å²) in [5.41, 5.74) is 5.54. The lowest BCUT2D eigenvalue weighted by atomic mass is 9.79. The zero-order valence-corrected chi connectivity index (χ0v) is 18.3. The predicted octanol–water partition coefficient (Wildman–Crippen LogP) is 4.86. The van der Waals surface area contributed by atoms with Gasteiger partial charge in [-0.05, 0) is 40.8 Å². The maximum absolute atomic E-state index is 5.67. The van der Waals surface area contributed by atoms with Crippen LogP contribution in [0.4, 0.5) is 0 Å². The van der Waals surface area contributed by atoms with Gasteiger partial charge in [-0.1, -0.05) is 60.7 Å². The fourth-order valence-corrected chi connectivity index (χ4v) is 5.30. The Morgan fingerprint density at radius 3 is 2.26 bits per heavy atom. The van der Waals surface area contributed by atoms with Crippen LogP contribution in [0.5, 0.6) is 11.5 Å². The summed E-state index contributed by atoms with van der Waals surface area (Å²) in [6, 6.07) is 26.5. The number of hydrogen-bond donors (Lipinski definition) is 0. The van der Waals surface area contributed by atoms with E-state index in [9.17, 15) is 0 Å². The van der Waals surface area contributed by atoms with Crippen LogP contribution in [0.1, 0.15) is 34.2 Å². The SMILES string of the molecule is COc1cc2c(cc1OC)[C@H]1[C@@H](c3ccccc3)CN(Cc3ccccc3)CN1CC2. The molecular formula is C27H30N2O2. The van der Waals surface area contributed by atoms with Gasteiger partial charge in [0.25, 0.3) is 0 Å². The molecule has 160 valence electrons. The topological polar surface area (TPSA) is 24.9 Å². The van der Waals surface area contributed by atoms with Crippen molar-refractivity contribution in [2.45, 2.75) is 24.9 Å². The average Bonchev–Trinajstić information content (AvgIpc) is 2.83. The average molecular weight is 415 g/mol. The van der Waals surface area contributed by atoms with Crippen LogP contribution in [0.15, 0.2) is 72.8 Å². The Labute approximate surface area is 185 Å². The van der Waals surface area contributed by atoms with Crippen LogP contribution in [0.3, 0.4) is 0 Å². The van der Waals surface area contributed by atoms with E-state index in [0.29, 0.717) is 12.0 Å². The van der Waals surface area contributed by atoms with Gasteiger partial charge in [-0.2, -0.15) is 0 Å². The summed E-state index contributed by atoms with van der Waals surface area (Å²) >= 11 is 0. The van der Waals surface area contributed by atoms with Crippen LogP contribution in [-0.2, 0) is 13.0 Å². The quantitative estimate of drug-likeness (QED) is 0.595. The lowest BCUT2D eigenvalue weighted by Crippen LogP contribution is -2.52. The van der Waals surface area contributed by atoms with Crippen LogP contribution in [0, 0.1) is 0 Å². The molecule has 4 heteroatoms. The van der Waals surface area contributed by atoms with E-state index < -0.39 is 0 Å². The van der Waals surface area contributed by atoms with Crippen molar-refractivity contribution in [3.05, 3.63) is 95.1 Å². The van der Waals surface area contributed by atoms with E-state index in [-0.39, 0.29) is 0 Å². The molecule has 0 bridgehead atoms. The maximum atomic E-state index is 5.67. The number of methoxy groups -OCH3 is 2. The second kappa shape index (κ2) is 8.74. The van der Waals surface area contributed by atoms with Crippen LogP contribution in [0.2, 0.25) is 0 Å². The second-order valence-corrected chi connectivity index (χ2v) is 8.57. The van der Waals surface area contributed by atoms with Crippen molar-refractivity contribution in [2.24, 2.45) is 0 Å². The van der Waals surface area contributed by atoms with Crippen molar-refractivity contribution >= 4 is 0 Å². The van der Waals surface area contributed by atoms with Crippen molar-refractivity contribution in [2.75, 3.05) is 34.0 Å². The van der Waals surface area contributed by atoms with Crippen molar-refractivity contribution in [1.29, 1.82) is 0 Å². The Balaban J connectivity index is 1.53. The summed E-state index contributed by atoms with van der Waals surface area (Å²) in [6.07, 6.45) is 1.03. The van der Waals surface area contributed by atoms with E-state index in [1.807, 2.05) is 0 Å². The molecule has 2 atom stereocenters. The highest BCUT2D eigenvalue weighted by molar-refractivity contribution is 5.50. The Morgan fingerprint density at radius 2 is 1.55 bits per heavy atom. The Kier molecular flexibility index (Phi) is 5.66. The Hall–Kier alpha value is -2.82. The minimum absolute atomic E-state index is 0.345. The molecule has 0 N–H and O–H groups in total. The molecule has 1 saturated heterocycles. The summed E-state index contributed by atoms with van der Waals surface area (Å²) in [5, 5.41) is 0. The normalized spacial score (nSPS) is 21.2. The summed E-state index contributed by atoms with van der Waals surface area (Å²) in [6.45, 7) is 4.05. The zero-order chi connectivity index (χ0) is 21.2. The summed E-state index contributed by atoms with van der Waals surface area (Å²) in [5.74, 6) is 2.05. The molecule has 31 heavy (non-hydrogen) atoms. The lowest BCUT2D eigenvalue weighted by molar-refractivity contribution is 0.0107. The number of nitrogens with zero attached hydrogens (tertiary/aromatic N) is 2. The third-order valence-corrected chi connectivity index (χ3v) is 6.72. The first-order chi connectivity index (χ1) is 15.3. The van der Waals surface area contributed by atoms with E-state index in [0.717, 1.165) is 44.2 Å². The fraction of sp³-hybridized carbons (Fsp3) is 0.333. The first-order valence-electron chi connectivity index (χ1n) is 11.1. The van der Waals surface area contributed by atoms with Gasteiger partial charge < -0.3 is 9.47 Å². The van der Waals surface area contributed by atoms with Gasteiger partial charge in [-0.15, -0.1) is 0 Å². The highest BCUT2D eigenvalue weighted by atomic mass is 16.5. The second-order valence-electron chi connectivity index (χ2n) is 8.57. The molecule has 0 spiro atoms. The molecular weight excluding hydrogens is 384 g/mol. The van der Waals surface area contributed by atoms with E-state index in [4.69, 9.17) is 9.47 Å². The molecule has 3 aromatic carbocycles. The Bertz CT molecular complexity index is 1020. The number of hydrogen-bond acceptors (Lipinski definition) is 4. The monoisotopic (exact) mass is 414 g/mol. The van der Waals surface area contributed by atoms with E-state index in [1.54, 1.807) is 14.2 Å². The van der Waals surface area contributed by atoms with Crippen LogP contribution >= 0.6 is 0 Å². The van der Waals surface area contributed by atoms with Crippen LogP contribution in [-0.4, -0.2) is 43.8 Å². The molecule has 0 saturated carbocycles. The molecule has 5 rings (SSSR count). The molecule has 2 aliphatic heterocycles. The first kappa shape index (κ1) is 20.1. The maximum Gasteiger partial charge on any atom is 0.161 e. The van der Waals surface area contributed by atoms with Gasteiger partial charge in [0.1, 0.15) is 0 Å². The number of rotatable bonds is 5. The van der Waals surface area contributed by atoms with E-state index in [2.05, 4.69) is 82.6 Å². The summed E-state index contributed by atoms with van der Waals surface area (Å²) < 4.78 is 11.3. The molecule has 0 radical (unpaired) electrons. The molecule has 2 heterocycles. The first-order valence-corrected chi connectivity index (χ1v) is 11.1. The molecule has 4 nitrogen and oxygen atoms in total. The Morgan fingerprint density at radius 1 is 0.871 bits per heavy atom. The molecule has 0 unspecified atom stereocenters. The zero-order valence-electron chi connectivity index (χ0n) is 18.3. The molecule has 0 aromatic heterocycles. The number of fused-ring (bicyclic) bond motifs is 3. The van der Waals surface area contributed by atoms with Gasteiger partial charge in [0.05, 0.1) is 20.9 Å². The summed E-state index contributed by atoms with van der Waals surface area (Å²) in [7, 11) is 3.44. The third-order valence-electron chi connectivity index (χ3n) is 6.72. The standard InChI is InChI=1S/C27H30N2O2/c1-30-25-15-22-13-14-29-19-28(17-20-9-5-3-6-10-20)18-24(21-11-7-4-8-12-21)27(29)23(22)16-26(25)31-2/h3-12,15-16,24,27H,13-14,17-19H2,1-2H3/t24-,27+/m1/s1. The fourth-order valence-electron chi connectivity index (χ4n) is 5.30.